The minimum atomic E-state index is 0.0445. The average Bonchev–Trinajstić information content (AvgIpc) is 2.67. The third kappa shape index (κ3) is 3.05. The normalized spacial score (nSPS) is 14.8. The molecule has 1 aliphatic heterocycles. The van der Waals surface area contributed by atoms with E-state index in [1.165, 1.54) is 0 Å². The highest BCUT2D eigenvalue weighted by Crippen LogP contribution is 2.26. The van der Waals surface area contributed by atoms with Crippen LogP contribution in [0.1, 0.15) is 10.4 Å². The SMILES string of the molecule is O=C(c1cccc2cccnc12)N1CCN(c2ccccc2Cl)CC1. The van der Waals surface area contributed by atoms with E-state index in [1.54, 1.807) is 6.20 Å². The highest BCUT2D eigenvalue weighted by molar-refractivity contribution is 6.33. The van der Waals surface area contributed by atoms with Crippen molar-refractivity contribution in [2.75, 3.05) is 31.1 Å². The number of aromatic nitrogens is 1. The lowest BCUT2D eigenvalue weighted by Crippen LogP contribution is -2.49. The molecule has 1 aliphatic rings. The number of halogens is 1. The van der Waals surface area contributed by atoms with Crippen molar-refractivity contribution < 1.29 is 4.79 Å². The largest absolute Gasteiger partial charge is 0.367 e. The van der Waals surface area contributed by atoms with Crippen molar-refractivity contribution in [2.45, 2.75) is 0 Å². The number of para-hydroxylation sites is 2. The van der Waals surface area contributed by atoms with Gasteiger partial charge in [-0.1, -0.05) is 41.9 Å². The number of pyridine rings is 1. The van der Waals surface area contributed by atoms with E-state index in [9.17, 15) is 4.79 Å². The summed E-state index contributed by atoms with van der Waals surface area (Å²) in [5, 5.41) is 1.74. The van der Waals surface area contributed by atoms with E-state index in [2.05, 4.69) is 9.88 Å². The maximum Gasteiger partial charge on any atom is 0.256 e. The van der Waals surface area contributed by atoms with Crippen LogP contribution in [0.25, 0.3) is 10.9 Å². The molecule has 0 aliphatic carbocycles. The predicted octanol–water partition coefficient (Wildman–Crippen LogP) is 3.85. The molecule has 4 rings (SSSR count). The summed E-state index contributed by atoms with van der Waals surface area (Å²) in [6, 6.07) is 17.5. The second-order valence-electron chi connectivity index (χ2n) is 6.11. The number of rotatable bonds is 2. The molecule has 0 atom stereocenters. The summed E-state index contributed by atoms with van der Waals surface area (Å²) < 4.78 is 0. The Labute approximate surface area is 151 Å². The second-order valence-corrected chi connectivity index (χ2v) is 6.52. The minimum Gasteiger partial charge on any atom is -0.367 e. The van der Waals surface area contributed by atoms with Gasteiger partial charge in [-0.3, -0.25) is 9.78 Å². The first-order valence-electron chi connectivity index (χ1n) is 8.36. The maximum absolute atomic E-state index is 13.0. The lowest BCUT2D eigenvalue weighted by molar-refractivity contribution is 0.0748. The Hall–Kier alpha value is -2.59. The van der Waals surface area contributed by atoms with Crippen molar-refractivity contribution in [2.24, 2.45) is 0 Å². The lowest BCUT2D eigenvalue weighted by atomic mass is 10.1. The number of carbonyl (C=O) groups excluding carboxylic acids is 1. The van der Waals surface area contributed by atoms with Gasteiger partial charge in [0.15, 0.2) is 0 Å². The topological polar surface area (TPSA) is 36.4 Å². The van der Waals surface area contributed by atoms with E-state index in [0.717, 1.165) is 34.7 Å². The number of hydrogen-bond donors (Lipinski definition) is 0. The van der Waals surface area contributed by atoms with Gasteiger partial charge in [0, 0.05) is 37.8 Å². The Kier molecular flexibility index (Phi) is 4.28. The molecular formula is C20H18ClN3O. The quantitative estimate of drug-likeness (QED) is 0.703. The van der Waals surface area contributed by atoms with Crippen LogP contribution in [-0.2, 0) is 0 Å². The van der Waals surface area contributed by atoms with E-state index in [4.69, 9.17) is 11.6 Å². The van der Waals surface area contributed by atoms with Crippen LogP contribution in [0.5, 0.6) is 0 Å². The molecule has 1 saturated heterocycles. The van der Waals surface area contributed by atoms with Gasteiger partial charge in [-0.25, -0.2) is 0 Å². The van der Waals surface area contributed by atoms with E-state index in [1.807, 2.05) is 59.5 Å². The molecule has 0 bridgehead atoms. The van der Waals surface area contributed by atoms with Crippen LogP contribution < -0.4 is 4.90 Å². The van der Waals surface area contributed by atoms with Gasteiger partial charge in [0.2, 0.25) is 0 Å². The average molecular weight is 352 g/mol. The molecule has 1 amide bonds. The van der Waals surface area contributed by atoms with Crippen molar-refractivity contribution >= 4 is 34.1 Å². The van der Waals surface area contributed by atoms with E-state index >= 15 is 0 Å². The van der Waals surface area contributed by atoms with Gasteiger partial charge in [-0.05, 0) is 24.3 Å². The van der Waals surface area contributed by atoms with Crippen molar-refractivity contribution in [3.63, 3.8) is 0 Å². The zero-order chi connectivity index (χ0) is 17.2. The summed E-state index contributed by atoms with van der Waals surface area (Å²) in [6.45, 7) is 2.89. The van der Waals surface area contributed by atoms with Crippen molar-refractivity contribution in [3.8, 4) is 0 Å². The molecule has 0 unspecified atom stereocenters. The standard InChI is InChI=1S/C20H18ClN3O/c21-17-8-1-2-9-18(17)23-11-13-24(14-12-23)20(25)16-7-3-5-15-6-4-10-22-19(15)16/h1-10H,11-14H2. The molecule has 1 aromatic heterocycles. The Bertz CT molecular complexity index is 914. The first kappa shape index (κ1) is 15.9. The maximum atomic E-state index is 13.0. The highest BCUT2D eigenvalue weighted by atomic mass is 35.5. The molecule has 5 heteroatoms. The fourth-order valence-corrected chi connectivity index (χ4v) is 3.56. The van der Waals surface area contributed by atoms with Gasteiger partial charge in [0.25, 0.3) is 5.91 Å². The molecule has 25 heavy (non-hydrogen) atoms. The van der Waals surface area contributed by atoms with Crippen molar-refractivity contribution in [1.29, 1.82) is 0 Å². The van der Waals surface area contributed by atoms with Gasteiger partial charge in [-0.2, -0.15) is 0 Å². The monoisotopic (exact) mass is 351 g/mol. The second kappa shape index (κ2) is 6.73. The fraction of sp³-hybridized carbons (Fsp3) is 0.200. The Balaban J connectivity index is 1.52. The number of fused-ring (bicyclic) bond motifs is 1. The van der Waals surface area contributed by atoms with E-state index in [0.29, 0.717) is 18.7 Å². The summed E-state index contributed by atoms with van der Waals surface area (Å²) in [5.74, 6) is 0.0445. The molecule has 126 valence electrons. The van der Waals surface area contributed by atoms with E-state index in [-0.39, 0.29) is 5.91 Å². The first-order chi connectivity index (χ1) is 12.2. The Morgan fingerprint density at radius 1 is 0.920 bits per heavy atom. The van der Waals surface area contributed by atoms with Gasteiger partial charge >= 0.3 is 0 Å². The molecule has 3 aromatic rings. The van der Waals surface area contributed by atoms with Crippen LogP contribution in [0, 0.1) is 0 Å². The summed E-state index contributed by atoms with van der Waals surface area (Å²) in [4.78, 5) is 21.5. The van der Waals surface area contributed by atoms with Crippen LogP contribution >= 0.6 is 11.6 Å². The molecule has 2 heterocycles. The number of nitrogens with zero attached hydrogens (tertiary/aromatic N) is 3. The molecule has 4 nitrogen and oxygen atoms in total. The van der Waals surface area contributed by atoms with Crippen molar-refractivity contribution in [3.05, 3.63) is 71.4 Å². The lowest BCUT2D eigenvalue weighted by Gasteiger charge is -2.36. The van der Waals surface area contributed by atoms with Gasteiger partial charge in [0.05, 0.1) is 21.8 Å². The smallest absolute Gasteiger partial charge is 0.256 e. The number of piperazine rings is 1. The number of anilines is 1. The van der Waals surface area contributed by atoms with Crippen LogP contribution in [0.2, 0.25) is 5.02 Å². The van der Waals surface area contributed by atoms with Crippen LogP contribution in [-0.4, -0.2) is 42.0 Å². The highest BCUT2D eigenvalue weighted by Gasteiger charge is 2.24. The van der Waals surface area contributed by atoms with Crippen LogP contribution in [0.4, 0.5) is 5.69 Å². The zero-order valence-corrected chi connectivity index (χ0v) is 14.5. The number of benzene rings is 2. The van der Waals surface area contributed by atoms with Crippen molar-refractivity contribution in [1.82, 2.24) is 9.88 Å². The summed E-state index contributed by atoms with van der Waals surface area (Å²) in [6.07, 6.45) is 1.73. The van der Waals surface area contributed by atoms with Gasteiger partial charge < -0.3 is 9.80 Å². The Morgan fingerprint density at radius 2 is 1.68 bits per heavy atom. The third-order valence-corrected chi connectivity index (χ3v) is 4.94. The molecular weight excluding hydrogens is 334 g/mol. The Morgan fingerprint density at radius 3 is 2.48 bits per heavy atom. The molecule has 0 spiro atoms. The fourth-order valence-electron chi connectivity index (χ4n) is 3.31. The summed E-state index contributed by atoms with van der Waals surface area (Å²) in [7, 11) is 0. The molecule has 0 radical (unpaired) electrons. The molecule has 0 N–H and O–H groups in total. The molecule has 2 aromatic carbocycles. The number of hydrogen-bond acceptors (Lipinski definition) is 3. The van der Waals surface area contributed by atoms with Crippen LogP contribution in [0.3, 0.4) is 0 Å². The van der Waals surface area contributed by atoms with Gasteiger partial charge in [-0.15, -0.1) is 0 Å². The predicted molar refractivity (Wildman–Crippen MR) is 101 cm³/mol. The van der Waals surface area contributed by atoms with Gasteiger partial charge in [0.1, 0.15) is 0 Å². The summed E-state index contributed by atoms with van der Waals surface area (Å²) in [5.41, 5.74) is 2.47. The molecule has 0 saturated carbocycles. The summed E-state index contributed by atoms with van der Waals surface area (Å²) >= 11 is 6.29. The number of carbonyl (C=O) groups is 1. The minimum absolute atomic E-state index is 0.0445. The first-order valence-corrected chi connectivity index (χ1v) is 8.74. The van der Waals surface area contributed by atoms with Crippen LogP contribution in [0.15, 0.2) is 60.8 Å². The number of amides is 1. The van der Waals surface area contributed by atoms with E-state index < -0.39 is 0 Å². The zero-order valence-electron chi connectivity index (χ0n) is 13.7. The molecule has 1 fully saturated rings. The third-order valence-electron chi connectivity index (χ3n) is 4.62.